The summed E-state index contributed by atoms with van der Waals surface area (Å²) in [4.78, 5) is 2.25. The Morgan fingerprint density at radius 3 is 2.76 bits per heavy atom. The van der Waals surface area contributed by atoms with E-state index in [-0.39, 0.29) is 6.04 Å². The molecule has 1 aromatic carbocycles. The van der Waals surface area contributed by atoms with E-state index >= 15 is 0 Å². The average Bonchev–Trinajstić information content (AvgIpc) is 2.32. The molecule has 1 atom stereocenters. The van der Waals surface area contributed by atoms with Crippen LogP contribution in [0, 0.1) is 0 Å². The molecule has 0 aromatic heterocycles. The molecule has 1 nitrogen and oxygen atoms in total. The van der Waals surface area contributed by atoms with E-state index in [4.69, 9.17) is 35.4 Å². The number of thioether (sulfide) groups is 1. The summed E-state index contributed by atoms with van der Waals surface area (Å²) in [6.45, 7) is 3.17. The minimum absolute atomic E-state index is 0.255. The smallest absolute Gasteiger partial charge is 0.136 e. The van der Waals surface area contributed by atoms with Gasteiger partial charge in [0.1, 0.15) is 4.32 Å². The number of nitrogens with zero attached hydrogens (tertiary/aromatic N) is 1. The maximum atomic E-state index is 6.04. The van der Waals surface area contributed by atoms with E-state index in [1.54, 1.807) is 11.8 Å². The van der Waals surface area contributed by atoms with Gasteiger partial charge in [-0.15, -0.1) is 0 Å². The quantitative estimate of drug-likeness (QED) is 0.724. The maximum Gasteiger partial charge on any atom is 0.136 e. The molecule has 0 radical (unpaired) electrons. The van der Waals surface area contributed by atoms with Crippen LogP contribution in [0.5, 0.6) is 0 Å². The summed E-state index contributed by atoms with van der Waals surface area (Å²) in [5.74, 6) is 1.13. The van der Waals surface area contributed by atoms with Crippen molar-refractivity contribution in [2.75, 3.05) is 12.3 Å². The Bertz CT molecular complexity index is 437. The van der Waals surface area contributed by atoms with Gasteiger partial charge < -0.3 is 4.90 Å². The lowest BCUT2D eigenvalue weighted by atomic mass is 10.1. The van der Waals surface area contributed by atoms with Crippen molar-refractivity contribution in [2.45, 2.75) is 19.4 Å². The highest BCUT2D eigenvalue weighted by Crippen LogP contribution is 2.31. The number of benzene rings is 1. The average molecular weight is 306 g/mol. The zero-order chi connectivity index (χ0) is 12.4. The molecule has 0 N–H and O–H groups in total. The van der Waals surface area contributed by atoms with Crippen LogP contribution in [0.3, 0.4) is 0 Å². The molecule has 0 unspecified atom stereocenters. The van der Waals surface area contributed by atoms with Crippen molar-refractivity contribution < 1.29 is 0 Å². The molecule has 1 fully saturated rings. The second-order valence-electron chi connectivity index (χ2n) is 4.01. The van der Waals surface area contributed by atoms with E-state index in [1.165, 1.54) is 6.42 Å². The molecule has 1 heterocycles. The van der Waals surface area contributed by atoms with Gasteiger partial charge >= 0.3 is 0 Å². The fraction of sp³-hybridized carbons (Fsp3) is 0.417. The zero-order valence-corrected chi connectivity index (χ0v) is 12.6. The molecule has 1 aliphatic rings. The lowest BCUT2D eigenvalue weighted by molar-refractivity contribution is 0.345. The Balaban J connectivity index is 2.20. The lowest BCUT2D eigenvalue weighted by Crippen LogP contribution is -2.34. The number of rotatable bonds is 2. The summed E-state index contributed by atoms with van der Waals surface area (Å²) in [5, 5.41) is 1.20. The molecule has 5 heteroatoms. The Kier molecular flexibility index (Phi) is 4.59. The van der Waals surface area contributed by atoms with Crippen LogP contribution in [-0.2, 0) is 0 Å². The van der Waals surface area contributed by atoms with E-state index in [0.29, 0.717) is 10.0 Å². The first-order chi connectivity index (χ1) is 8.09. The molecular weight excluding hydrogens is 293 g/mol. The van der Waals surface area contributed by atoms with Gasteiger partial charge in [-0.1, -0.05) is 53.2 Å². The molecule has 2 rings (SSSR count). The van der Waals surface area contributed by atoms with Crippen LogP contribution in [0.1, 0.15) is 24.9 Å². The van der Waals surface area contributed by atoms with Gasteiger partial charge in [0.2, 0.25) is 0 Å². The molecule has 92 valence electrons. The van der Waals surface area contributed by atoms with Crippen LogP contribution in [-0.4, -0.2) is 21.5 Å². The second-order valence-corrected chi connectivity index (χ2v) is 6.55. The van der Waals surface area contributed by atoms with Crippen LogP contribution >= 0.6 is 47.2 Å². The van der Waals surface area contributed by atoms with Gasteiger partial charge in [0.25, 0.3) is 0 Å². The predicted molar refractivity (Wildman–Crippen MR) is 81.3 cm³/mol. The highest BCUT2D eigenvalue weighted by atomic mass is 35.5. The van der Waals surface area contributed by atoms with Gasteiger partial charge in [-0.2, -0.15) is 0 Å². The summed E-state index contributed by atoms with van der Waals surface area (Å²) in [6.07, 6.45) is 1.18. The van der Waals surface area contributed by atoms with E-state index in [1.807, 2.05) is 18.2 Å². The van der Waals surface area contributed by atoms with Gasteiger partial charge in [0.05, 0.1) is 16.1 Å². The normalized spacial score (nSPS) is 18.3. The van der Waals surface area contributed by atoms with Gasteiger partial charge in [-0.3, -0.25) is 0 Å². The fourth-order valence-corrected chi connectivity index (χ4v) is 3.54. The molecule has 0 spiro atoms. The van der Waals surface area contributed by atoms with Crippen molar-refractivity contribution in [3.8, 4) is 0 Å². The zero-order valence-electron chi connectivity index (χ0n) is 9.45. The van der Waals surface area contributed by atoms with E-state index in [9.17, 15) is 0 Å². The fourth-order valence-electron chi connectivity index (χ4n) is 1.87. The van der Waals surface area contributed by atoms with Crippen molar-refractivity contribution in [2.24, 2.45) is 0 Å². The number of halogens is 2. The van der Waals surface area contributed by atoms with Crippen molar-refractivity contribution in [1.82, 2.24) is 4.90 Å². The maximum absolute atomic E-state index is 6.04. The topological polar surface area (TPSA) is 3.24 Å². The highest BCUT2D eigenvalue weighted by molar-refractivity contribution is 8.22. The van der Waals surface area contributed by atoms with Gasteiger partial charge in [-0.05, 0) is 31.0 Å². The largest absolute Gasteiger partial charge is 0.351 e. The lowest BCUT2D eigenvalue weighted by Gasteiger charge is -2.34. The minimum Gasteiger partial charge on any atom is -0.351 e. The van der Waals surface area contributed by atoms with E-state index < -0.39 is 0 Å². The van der Waals surface area contributed by atoms with E-state index in [0.717, 1.165) is 22.2 Å². The van der Waals surface area contributed by atoms with Crippen molar-refractivity contribution in [3.63, 3.8) is 0 Å². The highest BCUT2D eigenvalue weighted by Gasteiger charge is 2.22. The molecule has 0 saturated carbocycles. The molecule has 1 aliphatic heterocycles. The van der Waals surface area contributed by atoms with Gasteiger partial charge in [0.15, 0.2) is 0 Å². The third kappa shape index (κ3) is 3.08. The van der Waals surface area contributed by atoms with Crippen molar-refractivity contribution in [1.29, 1.82) is 0 Å². The third-order valence-corrected chi connectivity index (χ3v) is 5.20. The van der Waals surface area contributed by atoms with Crippen molar-refractivity contribution in [3.05, 3.63) is 33.8 Å². The summed E-state index contributed by atoms with van der Waals surface area (Å²) in [5.41, 5.74) is 1.16. The summed E-state index contributed by atoms with van der Waals surface area (Å²) in [6, 6.07) is 6.04. The van der Waals surface area contributed by atoms with Crippen LogP contribution in [0.4, 0.5) is 0 Å². The minimum atomic E-state index is 0.255. The molecule has 0 bridgehead atoms. The molecule has 1 saturated heterocycles. The van der Waals surface area contributed by atoms with Crippen molar-refractivity contribution >= 4 is 51.5 Å². The first-order valence-corrected chi connectivity index (χ1v) is 7.63. The Labute approximate surface area is 121 Å². The van der Waals surface area contributed by atoms with E-state index in [2.05, 4.69) is 11.8 Å². The number of thiocarbonyl (C=S) groups is 1. The molecule has 0 amide bonds. The SMILES string of the molecule is C[C@H](c1ccc(Cl)c(Cl)c1)N1CCCSC1=S. The number of hydrogen-bond acceptors (Lipinski definition) is 2. The van der Waals surface area contributed by atoms with Gasteiger partial charge in [-0.25, -0.2) is 0 Å². The first-order valence-electron chi connectivity index (χ1n) is 5.48. The molecule has 0 aliphatic carbocycles. The second kappa shape index (κ2) is 5.79. The molecular formula is C12H13Cl2NS2. The Hall–Kier alpha value is 0.0400. The Morgan fingerprint density at radius 2 is 2.12 bits per heavy atom. The van der Waals surface area contributed by atoms with Crippen LogP contribution < -0.4 is 0 Å². The van der Waals surface area contributed by atoms with Crippen LogP contribution in [0.2, 0.25) is 10.0 Å². The van der Waals surface area contributed by atoms with Crippen LogP contribution in [0.15, 0.2) is 18.2 Å². The monoisotopic (exact) mass is 305 g/mol. The summed E-state index contributed by atoms with van der Waals surface area (Å²) in [7, 11) is 0. The summed E-state index contributed by atoms with van der Waals surface area (Å²) < 4.78 is 0.981. The number of hydrogen-bond donors (Lipinski definition) is 0. The molecule has 1 aromatic rings. The Morgan fingerprint density at radius 1 is 1.35 bits per heavy atom. The van der Waals surface area contributed by atoms with Gasteiger partial charge in [0, 0.05) is 12.3 Å². The van der Waals surface area contributed by atoms with Crippen LogP contribution in [0.25, 0.3) is 0 Å². The third-order valence-electron chi connectivity index (χ3n) is 2.90. The molecule has 17 heavy (non-hydrogen) atoms. The standard InChI is InChI=1S/C12H13Cl2NS2/c1-8(15-5-2-6-17-12(15)16)9-3-4-10(13)11(14)7-9/h3-4,7-8H,2,5-6H2,1H3/t8-/m1/s1. The predicted octanol–water partition coefficient (Wildman–Crippen LogP) is 4.78. The first kappa shape index (κ1) is 13.5. The summed E-state index contributed by atoms with van der Waals surface area (Å²) >= 11 is 19.1.